The van der Waals surface area contributed by atoms with Crippen molar-refractivity contribution >= 4 is 38.8 Å². The van der Waals surface area contributed by atoms with Crippen molar-refractivity contribution in [2.24, 2.45) is 0 Å². The topological polar surface area (TPSA) is 121 Å². The van der Waals surface area contributed by atoms with Crippen molar-refractivity contribution in [3.05, 3.63) is 89.7 Å². The third-order valence-corrected chi connectivity index (χ3v) is 9.31. The van der Waals surface area contributed by atoms with Gasteiger partial charge in [0, 0.05) is 53.0 Å². The molecule has 0 atom stereocenters. The molecule has 1 fully saturated rings. The summed E-state index contributed by atoms with van der Waals surface area (Å²) in [6.45, 7) is 0.119. The SMILES string of the molecule is O=C(O)c1c(CCCO)cc2c(nc(-c3ccc4nc(CCCO)ccc4c3)n2C2CCCCC2)c1-c1ccc2ncccc2c1. The van der Waals surface area contributed by atoms with Crippen molar-refractivity contribution in [2.45, 2.75) is 63.8 Å². The van der Waals surface area contributed by atoms with E-state index < -0.39 is 5.97 Å². The van der Waals surface area contributed by atoms with E-state index in [1.165, 1.54) is 6.42 Å². The molecule has 1 saturated carbocycles. The van der Waals surface area contributed by atoms with E-state index in [9.17, 15) is 20.1 Å². The summed E-state index contributed by atoms with van der Waals surface area (Å²) < 4.78 is 2.36. The summed E-state index contributed by atoms with van der Waals surface area (Å²) in [4.78, 5) is 27.7. The molecular formula is C38H38N4O4. The molecule has 46 heavy (non-hydrogen) atoms. The molecule has 1 aliphatic rings. The van der Waals surface area contributed by atoms with E-state index in [1.807, 2.05) is 48.5 Å². The summed E-state index contributed by atoms with van der Waals surface area (Å²) in [5.41, 5.74) is 7.58. The molecule has 0 unspecified atom stereocenters. The number of pyridine rings is 2. The van der Waals surface area contributed by atoms with Crippen LogP contribution in [0.25, 0.3) is 55.4 Å². The van der Waals surface area contributed by atoms with Crippen LogP contribution in [0.15, 0.2) is 72.9 Å². The third kappa shape index (κ3) is 5.63. The van der Waals surface area contributed by atoms with Gasteiger partial charge < -0.3 is 19.9 Å². The van der Waals surface area contributed by atoms with Crippen LogP contribution in [0.1, 0.15) is 72.6 Å². The molecule has 0 saturated heterocycles. The van der Waals surface area contributed by atoms with Gasteiger partial charge in [0.25, 0.3) is 0 Å². The van der Waals surface area contributed by atoms with Crippen LogP contribution in [-0.4, -0.2) is 54.0 Å². The Morgan fingerprint density at radius 3 is 2.35 bits per heavy atom. The molecule has 7 rings (SSSR count). The van der Waals surface area contributed by atoms with Crippen LogP contribution in [0.4, 0.5) is 0 Å². The van der Waals surface area contributed by atoms with E-state index in [1.54, 1.807) is 6.20 Å². The number of aliphatic hydroxyl groups is 2. The Labute approximate surface area is 267 Å². The van der Waals surface area contributed by atoms with Gasteiger partial charge in [0.1, 0.15) is 5.82 Å². The highest BCUT2D eigenvalue weighted by Gasteiger charge is 2.28. The number of aryl methyl sites for hydroxylation is 2. The standard InChI is InChI=1S/C38H38N4O4/c43-19-5-8-26-23-33-36(34(35(26)38(45)46)27-13-16-31-24(21-27)7-4-18-39-31)41-37(42(33)30-10-2-1-3-11-30)28-14-17-32-25(22-28)12-15-29(40-32)9-6-20-44/h4,7,12-18,21-23,30,43-44H,1-3,5-6,8-11,19-20H2,(H,45,46). The number of aromatic nitrogens is 4. The summed E-state index contributed by atoms with van der Waals surface area (Å²) in [6, 6.07) is 22.3. The second kappa shape index (κ2) is 13.0. The molecule has 0 aliphatic heterocycles. The smallest absolute Gasteiger partial charge is 0.336 e. The van der Waals surface area contributed by atoms with Gasteiger partial charge in [0.2, 0.25) is 0 Å². The second-order valence-electron chi connectivity index (χ2n) is 12.3. The Hall–Kier alpha value is -4.66. The number of rotatable bonds is 10. The summed E-state index contributed by atoms with van der Waals surface area (Å²) >= 11 is 0. The minimum absolute atomic E-state index is 0.0198. The van der Waals surface area contributed by atoms with Crippen LogP contribution in [0, 0.1) is 0 Å². The van der Waals surface area contributed by atoms with Gasteiger partial charge in [-0.15, -0.1) is 0 Å². The Balaban J connectivity index is 1.50. The fourth-order valence-electron chi connectivity index (χ4n) is 7.13. The first-order valence-corrected chi connectivity index (χ1v) is 16.3. The number of carboxylic acids is 1. The lowest BCUT2D eigenvalue weighted by molar-refractivity contribution is 0.0696. The van der Waals surface area contributed by atoms with Crippen LogP contribution in [-0.2, 0) is 12.8 Å². The van der Waals surface area contributed by atoms with Crippen molar-refractivity contribution < 1.29 is 20.1 Å². The second-order valence-corrected chi connectivity index (χ2v) is 12.3. The molecule has 0 spiro atoms. The number of carbonyl (C=O) groups is 1. The fourth-order valence-corrected chi connectivity index (χ4v) is 7.13. The van der Waals surface area contributed by atoms with E-state index in [0.717, 1.165) is 82.1 Å². The molecule has 0 bridgehead atoms. The van der Waals surface area contributed by atoms with Crippen LogP contribution < -0.4 is 0 Å². The summed E-state index contributed by atoms with van der Waals surface area (Å²) in [5, 5.41) is 31.6. The maximum Gasteiger partial charge on any atom is 0.336 e. The van der Waals surface area contributed by atoms with E-state index >= 15 is 0 Å². The largest absolute Gasteiger partial charge is 0.478 e. The first kappa shape index (κ1) is 30.0. The van der Waals surface area contributed by atoms with Crippen molar-refractivity contribution in [1.82, 2.24) is 19.5 Å². The van der Waals surface area contributed by atoms with Gasteiger partial charge in [-0.25, -0.2) is 9.78 Å². The molecule has 1 aliphatic carbocycles. The lowest BCUT2D eigenvalue weighted by Crippen LogP contribution is -2.14. The molecule has 234 valence electrons. The van der Waals surface area contributed by atoms with Gasteiger partial charge in [-0.05, 0) is 98.2 Å². The molecule has 8 nitrogen and oxygen atoms in total. The quantitative estimate of drug-likeness (QED) is 0.146. The zero-order valence-corrected chi connectivity index (χ0v) is 25.8. The zero-order valence-electron chi connectivity index (χ0n) is 25.8. The average Bonchev–Trinajstić information content (AvgIpc) is 3.48. The van der Waals surface area contributed by atoms with Crippen molar-refractivity contribution in [3.63, 3.8) is 0 Å². The highest BCUT2D eigenvalue weighted by molar-refractivity contribution is 6.08. The highest BCUT2D eigenvalue weighted by Crippen LogP contribution is 2.42. The van der Waals surface area contributed by atoms with E-state index in [2.05, 4.69) is 27.8 Å². The monoisotopic (exact) mass is 614 g/mol. The number of carboxylic acid groups (broad SMARTS) is 1. The maximum absolute atomic E-state index is 13.1. The minimum atomic E-state index is -1.00. The predicted octanol–water partition coefficient (Wildman–Crippen LogP) is 7.52. The van der Waals surface area contributed by atoms with Gasteiger partial charge in [0.05, 0.1) is 27.6 Å². The molecular weight excluding hydrogens is 576 g/mol. The van der Waals surface area contributed by atoms with Gasteiger partial charge in [-0.2, -0.15) is 0 Å². The molecule has 0 amide bonds. The summed E-state index contributed by atoms with van der Waals surface area (Å²) in [7, 11) is 0. The molecule has 0 radical (unpaired) electrons. The summed E-state index contributed by atoms with van der Waals surface area (Å²) in [5.74, 6) is -0.175. The van der Waals surface area contributed by atoms with Crippen molar-refractivity contribution in [1.29, 1.82) is 0 Å². The average molecular weight is 615 g/mol. The third-order valence-electron chi connectivity index (χ3n) is 9.31. The van der Waals surface area contributed by atoms with Crippen molar-refractivity contribution in [3.8, 4) is 22.5 Å². The Kier molecular flexibility index (Phi) is 8.47. The highest BCUT2D eigenvalue weighted by atomic mass is 16.4. The maximum atomic E-state index is 13.1. The number of imidazole rings is 1. The Morgan fingerprint density at radius 2 is 1.54 bits per heavy atom. The number of aromatic carboxylic acids is 1. The lowest BCUT2D eigenvalue weighted by Gasteiger charge is -2.26. The van der Waals surface area contributed by atoms with E-state index in [-0.39, 0.29) is 24.8 Å². The lowest BCUT2D eigenvalue weighted by atomic mass is 9.90. The van der Waals surface area contributed by atoms with Crippen LogP contribution in [0.5, 0.6) is 0 Å². The molecule has 3 aromatic heterocycles. The molecule has 3 N–H and O–H groups in total. The number of benzene rings is 3. The first-order chi connectivity index (χ1) is 22.6. The first-order valence-electron chi connectivity index (χ1n) is 16.3. The number of hydrogen-bond donors (Lipinski definition) is 3. The van der Waals surface area contributed by atoms with Crippen molar-refractivity contribution in [2.75, 3.05) is 13.2 Å². The van der Waals surface area contributed by atoms with Gasteiger partial charge in [-0.1, -0.05) is 37.5 Å². The van der Waals surface area contributed by atoms with E-state index in [4.69, 9.17) is 9.97 Å². The number of fused-ring (bicyclic) bond motifs is 3. The predicted molar refractivity (Wildman–Crippen MR) is 181 cm³/mol. The molecule has 3 aromatic carbocycles. The fraction of sp³-hybridized carbons (Fsp3) is 0.316. The molecule has 3 heterocycles. The number of aliphatic hydroxyl groups excluding tert-OH is 2. The van der Waals surface area contributed by atoms with Gasteiger partial charge in [-0.3, -0.25) is 9.97 Å². The molecule has 8 heteroatoms. The Bertz CT molecular complexity index is 2060. The number of nitrogens with zero attached hydrogens (tertiary/aromatic N) is 4. The minimum Gasteiger partial charge on any atom is -0.478 e. The van der Waals surface area contributed by atoms with Crippen LogP contribution >= 0.6 is 0 Å². The van der Waals surface area contributed by atoms with Crippen LogP contribution in [0.2, 0.25) is 0 Å². The normalized spacial score (nSPS) is 14.0. The zero-order chi connectivity index (χ0) is 31.6. The Morgan fingerprint density at radius 1 is 0.804 bits per heavy atom. The van der Waals surface area contributed by atoms with Gasteiger partial charge >= 0.3 is 5.97 Å². The van der Waals surface area contributed by atoms with Gasteiger partial charge in [0.15, 0.2) is 0 Å². The number of hydrogen-bond acceptors (Lipinski definition) is 6. The van der Waals surface area contributed by atoms with Crippen LogP contribution in [0.3, 0.4) is 0 Å². The van der Waals surface area contributed by atoms with E-state index in [0.29, 0.717) is 35.9 Å². The summed E-state index contributed by atoms with van der Waals surface area (Å²) in [6.07, 6.45) is 9.62. The molecule has 6 aromatic rings.